The van der Waals surface area contributed by atoms with Gasteiger partial charge in [0.05, 0.1) is 0 Å². The first-order valence-electron chi connectivity index (χ1n) is 12.2. The lowest BCUT2D eigenvalue weighted by atomic mass is 9.53. The minimum Gasteiger partial charge on any atom is -0.300 e. The highest BCUT2D eigenvalue weighted by Gasteiger charge is 2.66. The normalized spacial score (nSPS) is 46.4. The van der Waals surface area contributed by atoms with Gasteiger partial charge in [-0.05, 0) is 72.5 Å². The van der Waals surface area contributed by atoms with Gasteiger partial charge in [0, 0.05) is 24.7 Å². The number of Topliss-reactive ketones (excluding diaryl/α,β-unsaturated/α-hetero) is 2. The van der Waals surface area contributed by atoms with Gasteiger partial charge in [0.15, 0.2) is 0 Å². The molecular formula is C26H42O2. The molecule has 158 valence electrons. The molecule has 0 heterocycles. The molecule has 4 fully saturated rings. The number of carbonyl (C=O) groups excluding carboxylic acids is 2. The molecule has 4 rings (SSSR count). The number of carbonyl (C=O) groups is 2. The Labute approximate surface area is 172 Å². The average Bonchev–Trinajstić information content (AvgIpc) is 3.08. The molecule has 0 aromatic rings. The molecule has 4 aliphatic rings. The number of hydrogen-bond donors (Lipinski definition) is 0. The van der Waals surface area contributed by atoms with Crippen LogP contribution >= 0.6 is 0 Å². The summed E-state index contributed by atoms with van der Waals surface area (Å²) in [6.45, 7) is 12.0. The molecule has 4 saturated carbocycles. The van der Waals surface area contributed by atoms with Crippen LogP contribution in [0.25, 0.3) is 0 Å². The maximum absolute atomic E-state index is 13.6. The molecule has 0 N–H and O–H groups in total. The summed E-state index contributed by atoms with van der Waals surface area (Å²) in [7, 11) is 0. The molecule has 0 radical (unpaired) electrons. The lowest BCUT2D eigenvalue weighted by molar-refractivity contribution is -0.134. The van der Waals surface area contributed by atoms with Crippen molar-refractivity contribution in [3.8, 4) is 0 Å². The first kappa shape index (κ1) is 20.6. The minimum absolute atomic E-state index is 0.0358. The van der Waals surface area contributed by atoms with E-state index in [4.69, 9.17) is 0 Å². The maximum atomic E-state index is 13.6. The standard InChI is InChI=1S/C26H42O2/c1-16(2)7-6-8-17(3)19-9-10-20-23-21(12-14-25(19,20)4)26(5)13-11-18(27)15-22(26)24(23)28/h16-17,19-23H,6-15H2,1-5H3/t17-,19-,20+,21-,22-,23-,25+,26+/m0/s1. The van der Waals surface area contributed by atoms with Crippen LogP contribution in [0, 0.1) is 52.3 Å². The van der Waals surface area contributed by atoms with Crippen LogP contribution in [0.4, 0.5) is 0 Å². The Hall–Kier alpha value is -0.660. The van der Waals surface area contributed by atoms with Gasteiger partial charge >= 0.3 is 0 Å². The lowest BCUT2D eigenvalue weighted by Gasteiger charge is -2.50. The monoisotopic (exact) mass is 386 g/mol. The van der Waals surface area contributed by atoms with E-state index in [0.717, 1.165) is 24.2 Å². The molecule has 0 spiro atoms. The molecule has 2 nitrogen and oxygen atoms in total. The molecule has 0 aliphatic heterocycles. The van der Waals surface area contributed by atoms with Crippen molar-refractivity contribution in [2.75, 3.05) is 0 Å². The van der Waals surface area contributed by atoms with Crippen LogP contribution in [0.2, 0.25) is 0 Å². The minimum atomic E-state index is 0.0358. The van der Waals surface area contributed by atoms with Crippen LogP contribution < -0.4 is 0 Å². The summed E-state index contributed by atoms with van der Waals surface area (Å²) in [5.41, 5.74) is 0.458. The fourth-order valence-corrected chi connectivity index (χ4v) is 8.55. The van der Waals surface area contributed by atoms with E-state index in [-0.39, 0.29) is 17.3 Å². The van der Waals surface area contributed by atoms with E-state index in [1.54, 1.807) is 0 Å². The summed E-state index contributed by atoms with van der Waals surface area (Å²) in [5.74, 6) is 4.61. The van der Waals surface area contributed by atoms with Crippen molar-refractivity contribution in [1.29, 1.82) is 0 Å². The zero-order valence-electron chi connectivity index (χ0n) is 18.9. The molecule has 0 saturated heterocycles. The molecule has 4 aliphatic carbocycles. The number of ketones is 2. The van der Waals surface area contributed by atoms with Crippen molar-refractivity contribution < 1.29 is 9.59 Å². The van der Waals surface area contributed by atoms with Gasteiger partial charge < -0.3 is 0 Å². The highest BCUT2D eigenvalue weighted by atomic mass is 16.1. The van der Waals surface area contributed by atoms with E-state index in [2.05, 4.69) is 34.6 Å². The van der Waals surface area contributed by atoms with Gasteiger partial charge in [-0.1, -0.05) is 53.9 Å². The quantitative estimate of drug-likeness (QED) is 0.543. The third kappa shape index (κ3) is 3.03. The Balaban J connectivity index is 1.53. The van der Waals surface area contributed by atoms with Gasteiger partial charge in [0.2, 0.25) is 0 Å². The van der Waals surface area contributed by atoms with Crippen molar-refractivity contribution in [3.63, 3.8) is 0 Å². The van der Waals surface area contributed by atoms with Crippen molar-refractivity contribution in [3.05, 3.63) is 0 Å². The Morgan fingerprint density at radius 3 is 2.36 bits per heavy atom. The zero-order chi connectivity index (χ0) is 20.3. The number of hydrogen-bond acceptors (Lipinski definition) is 2. The summed E-state index contributed by atoms with van der Waals surface area (Å²) >= 11 is 0. The second-order valence-electron chi connectivity index (χ2n) is 12.0. The van der Waals surface area contributed by atoms with Crippen LogP contribution in [0.15, 0.2) is 0 Å². The van der Waals surface area contributed by atoms with Crippen molar-refractivity contribution >= 4 is 11.6 Å². The van der Waals surface area contributed by atoms with Gasteiger partial charge in [-0.15, -0.1) is 0 Å². The predicted octanol–water partition coefficient (Wildman–Crippen LogP) is 6.47. The fourth-order valence-electron chi connectivity index (χ4n) is 8.55. The SMILES string of the molecule is CC(C)CCC[C@H](C)[C@@H]1CC[C@@H]2[C@@H]3C(=O)[C@@H]4CC(=O)CC[C@]4(C)[C@H]3CC[C@@]21C. The smallest absolute Gasteiger partial charge is 0.140 e. The largest absolute Gasteiger partial charge is 0.300 e. The molecule has 28 heavy (non-hydrogen) atoms. The average molecular weight is 387 g/mol. The summed E-state index contributed by atoms with van der Waals surface area (Å²) < 4.78 is 0. The van der Waals surface area contributed by atoms with Gasteiger partial charge in [0.25, 0.3) is 0 Å². The molecule has 2 heteroatoms. The summed E-state index contributed by atoms with van der Waals surface area (Å²) in [6.07, 6.45) is 11.4. The predicted molar refractivity (Wildman–Crippen MR) is 114 cm³/mol. The highest BCUT2D eigenvalue weighted by molar-refractivity contribution is 5.93. The van der Waals surface area contributed by atoms with E-state index < -0.39 is 0 Å². The highest BCUT2D eigenvalue weighted by Crippen LogP contribution is 2.69. The van der Waals surface area contributed by atoms with Crippen LogP contribution in [0.1, 0.15) is 98.8 Å². The molecular weight excluding hydrogens is 344 g/mol. The van der Waals surface area contributed by atoms with Gasteiger partial charge in [-0.2, -0.15) is 0 Å². The van der Waals surface area contributed by atoms with E-state index in [1.165, 1.54) is 44.9 Å². The lowest BCUT2D eigenvalue weighted by Crippen LogP contribution is -2.45. The van der Waals surface area contributed by atoms with Crippen molar-refractivity contribution in [1.82, 2.24) is 0 Å². The van der Waals surface area contributed by atoms with Crippen LogP contribution in [-0.4, -0.2) is 11.6 Å². The Morgan fingerprint density at radius 2 is 1.64 bits per heavy atom. The molecule has 0 aromatic carbocycles. The second kappa shape index (κ2) is 7.24. The van der Waals surface area contributed by atoms with Gasteiger partial charge in [0.1, 0.15) is 11.6 Å². The zero-order valence-corrected chi connectivity index (χ0v) is 18.9. The molecule has 0 bridgehead atoms. The van der Waals surface area contributed by atoms with Crippen molar-refractivity contribution in [2.45, 2.75) is 98.8 Å². The Kier molecular flexibility index (Phi) is 5.33. The maximum Gasteiger partial charge on any atom is 0.140 e. The van der Waals surface area contributed by atoms with Crippen LogP contribution in [0.3, 0.4) is 0 Å². The van der Waals surface area contributed by atoms with E-state index in [9.17, 15) is 9.59 Å². The first-order chi connectivity index (χ1) is 13.2. The molecule has 0 unspecified atom stereocenters. The fraction of sp³-hybridized carbons (Fsp3) is 0.923. The van der Waals surface area contributed by atoms with Crippen molar-refractivity contribution in [2.24, 2.45) is 52.3 Å². The van der Waals surface area contributed by atoms with Crippen LogP contribution in [-0.2, 0) is 9.59 Å². The second-order valence-corrected chi connectivity index (χ2v) is 12.0. The van der Waals surface area contributed by atoms with Gasteiger partial charge in [-0.25, -0.2) is 0 Å². The van der Waals surface area contributed by atoms with Gasteiger partial charge in [-0.3, -0.25) is 9.59 Å². The summed E-state index contributed by atoms with van der Waals surface area (Å²) in [5, 5.41) is 0. The molecule has 0 aromatic heterocycles. The summed E-state index contributed by atoms with van der Waals surface area (Å²) in [4.78, 5) is 25.7. The molecule has 8 atom stereocenters. The summed E-state index contributed by atoms with van der Waals surface area (Å²) in [6, 6.07) is 0. The third-order valence-corrected chi connectivity index (χ3v) is 10.2. The number of rotatable bonds is 5. The molecule has 0 amide bonds. The Morgan fingerprint density at radius 1 is 0.929 bits per heavy atom. The number of fused-ring (bicyclic) bond motifs is 5. The first-order valence-corrected chi connectivity index (χ1v) is 12.2. The van der Waals surface area contributed by atoms with E-state index in [0.29, 0.717) is 41.7 Å². The topological polar surface area (TPSA) is 34.1 Å². The van der Waals surface area contributed by atoms with E-state index >= 15 is 0 Å². The van der Waals surface area contributed by atoms with E-state index in [1.807, 2.05) is 0 Å². The third-order valence-electron chi connectivity index (χ3n) is 10.2. The van der Waals surface area contributed by atoms with Crippen LogP contribution in [0.5, 0.6) is 0 Å². The Bertz CT molecular complexity index is 636.